The molecule has 0 aromatic heterocycles. The molecular formula is C18H18ClNO3. The summed E-state index contributed by atoms with van der Waals surface area (Å²) in [7, 11) is 1.82. The van der Waals surface area contributed by atoms with Gasteiger partial charge in [0.05, 0.1) is 0 Å². The van der Waals surface area contributed by atoms with Crippen LogP contribution in [0.2, 0.25) is 5.02 Å². The molecule has 5 heteroatoms. The molecule has 3 rings (SSSR count). The van der Waals surface area contributed by atoms with Crippen molar-refractivity contribution in [3.05, 3.63) is 58.6 Å². The number of amides is 1. The highest BCUT2D eigenvalue weighted by Crippen LogP contribution is 2.32. The number of benzene rings is 2. The van der Waals surface area contributed by atoms with Crippen LogP contribution < -0.4 is 9.47 Å². The van der Waals surface area contributed by atoms with Gasteiger partial charge in [-0.15, -0.1) is 0 Å². The molecule has 1 heterocycles. The summed E-state index contributed by atoms with van der Waals surface area (Å²) < 4.78 is 10.6. The van der Waals surface area contributed by atoms with Crippen LogP contribution in [0, 0.1) is 0 Å². The molecule has 0 aliphatic carbocycles. The predicted octanol–water partition coefficient (Wildman–Crippen LogP) is 3.66. The number of carbonyl (C=O) groups excluding carboxylic acids is 1. The van der Waals surface area contributed by atoms with E-state index < -0.39 is 0 Å². The molecule has 0 radical (unpaired) electrons. The average molecular weight is 332 g/mol. The normalized spacial score (nSPS) is 12.3. The molecule has 0 atom stereocenters. The Morgan fingerprint density at radius 2 is 1.78 bits per heavy atom. The minimum atomic E-state index is 0.109. The molecule has 2 aromatic carbocycles. The van der Waals surface area contributed by atoms with Crippen LogP contribution in [0.25, 0.3) is 0 Å². The standard InChI is InChI=1S/C18H18ClNO3/c1-20(11-14-2-6-15(19)7-3-14)18(21)9-5-13-4-8-16-17(10-13)23-12-22-16/h2-4,6-8,10H,5,9,11-12H2,1H3. The summed E-state index contributed by atoms with van der Waals surface area (Å²) in [5, 5.41) is 0.700. The van der Waals surface area contributed by atoms with Crippen molar-refractivity contribution in [1.29, 1.82) is 0 Å². The summed E-state index contributed by atoms with van der Waals surface area (Å²) in [6, 6.07) is 13.3. The van der Waals surface area contributed by atoms with Crippen LogP contribution in [0.5, 0.6) is 11.5 Å². The first kappa shape index (κ1) is 15.7. The van der Waals surface area contributed by atoms with Gasteiger partial charge in [0.2, 0.25) is 12.7 Å². The van der Waals surface area contributed by atoms with Crippen molar-refractivity contribution in [1.82, 2.24) is 4.90 Å². The molecule has 2 aromatic rings. The lowest BCUT2D eigenvalue weighted by molar-refractivity contribution is -0.130. The topological polar surface area (TPSA) is 38.8 Å². The third-order valence-electron chi connectivity index (χ3n) is 3.82. The van der Waals surface area contributed by atoms with Gasteiger partial charge in [-0.1, -0.05) is 29.8 Å². The first-order chi connectivity index (χ1) is 11.1. The summed E-state index contributed by atoms with van der Waals surface area (Å²) in [5.41, 5.74) is 2.14. The smallest absolute Gasteiger partial charge is 0.231 e. The molecule has 0 unspecified atom stereocenters. The molecule has 0 spiro atoms. The number of hydrogen-bond acceptors (Lipinski definition) is 3. The van der Waals surface area contributed by atoms with Crippen LogP contribution >= 0.6 is 11.6 Å². The maximum absolute atomic E-state index is 12.3. The van der Waals surface area contributed by atoms with E-state index in [0.717, 1.165) is 22.6 Å². The first-order valence-corrected chi connectivity index (χ1v) is 7.86. The van der Waals surface area contributed by atoms with Gasteiger partial charge < -0.3 is 14.4 Å². The Kier molecular flexibility index (Phi) is 4.72. The maximum atomic E-state index is 12.3. The lowest BCUT2D eigenvalue weighted by Gasteiger charge is -2.17. The molecule has 4 nitrogen and oxygen atoms in total. The maximum Gasteiger partial charge on any atom is 0.231 e. The highest BCUT2D eigenvalue weighted by molar-refractivity contribution is 6.30. The number of aryl methyl sites for hydroxylation is 1. The Balaban J connectivity index is 1.53. The van der Waals surface area contributed by atoms with E-state index >= 15 is 0 Å². The van der Waals surface area contributed by atoms with Gasteiger partial charge in [-0.25, -0.2) is 0 Å². The third kappa shape index (κ3) is 3.96. The second-order valence-electron chi connectivity index (χ2n) is 5.56. The van der Waals surface area contributed by atoms with Crippen LogP contribution in [0.4, 0.5) is 0 Å². The molecule has 23 heavy (non-hydrogen) atoms. The van der Waals surface area contributed by atoms with E-state index in [9.17, 15) is 4.79 Å². The zero-order valence-corrected chi connectivity index (χ0v) is 13.7. The van der Waals surface area contributed by atoms with E-state index in [4.69, 9.17) is 21.1 Å². The summed E-state index contributed by atoms with van der Waals surface area (Å²) in [5.74, 6) is 1.63. The number of hydrogen-bond donors (Lipinski definition) is 0. The summed E-state index contributed by atoms with van der Waals surface area (Å²) in [6.45, 7) is 0.846. The summed E-state index contributed by atoms with van der Waals surface area (Å²) >= 11 is 5.87. The lowest BCUT2D eigenvalue weighted by atomic mass is 10.1. The van der Waals surface area contributed by atoms with E-state index in [2.05, 4.69) is 0 Å². The predicted molar refractivity (Wildman–Crippen MR) is 88.8 cm³/mol. The van der Waals surface area contributed by atoms with Crippen molar-refractivity contribution in [3.63, 3.8) is 0 Å². The minimum Gasteiger partial charge on any atom is -0.454 e. The minimum absolute atomic E-state index is 0.109. The SMILES string of the molecule is CN(Cc1ccc(Cl)cc1)C(=O)CCc1ccc2c(c1)OCO2. The Morgan fingerprint density at radius 3 is 2.57 bits per heavy atom. The fourth-order valence-electron chi connectivity index (χ4n) is 2.49. The van der Waals surface area contributed by atoms with Crippen LogP contribution in [-0.2, 0) is 17.8 Å². The quantitative estimate of drug-likeness (QED) is 0.839. The van der Waals surface area contributed by atoms with Gasteiger partial charge in [0.1, 0.15) is 0 Å². The van der Waals surface area contributed by atoms with Gasteiger partial charge in [0.15, 0.2) is 11.5 Å². The second-order valence-corrected chi connectivity index (χ2v) is 6.00. The second kappa shape index (κ2) is 6.92. The van der Waals surface area contributed by atoms with Crippen molar-refractivity contribution in [3.8, 4) is 11.5 Å². The van der Waals surface area contributed by atoms with Crippen LogP contribution in [0.15, 0.2) is 42.5 Å². The van der Waals surface area contributed by atoms with Crippen molar-refractivity contribution in [2.45, 2.75) is 19.4 Å². The van der Waals surface area contributed by atoms with E-state index in [1.807, 2.05) is 49.5 Å². The van der Waals surface area contributed by atoms with Gasteiger partial charge >= 0.3 is 0 Å². The van der Waals surface area contributed by atoms with E-state index in [0.29, 0.717) is 24.4 Å². The number of halogens is 1. The van der Waals surface area contributed by atoms with Gasteiger partial charge in [0.25, 0.3) is 0 Å². The Labute approximate surface area is 140 Å². The first-order valence-electron chi connectivity index (χ1n) is 7.49. The molecule has 0 saturated carbocycles. The molecule has 1 aliphatic heterocycles. The Morgan fingerprint density at radius 1 is 1.09 bits per heavy atom. The van der Waals surface area contributed by atoms with E-state index in [-0.39, 0.29) is 12.7 Å². The van der Waals surface area contributed by atoms with Gasteiger partial charge in [-0.3, -0.25) is 4.79 Å². The van der Waals surface area contributed by atoms with Crippen molar-refractivity contribution in [2.75, 3.05) is 13.8 Å². The number of carbonyl (C=O) groups is 1. The highest BCUT2D eigenvalue weighted by Gasteiger charge is 2.14. The third-order valence-corrected chi connectivity index (χ3v) is 4.08. The highest BCUT2D eigenvalue weighted by atomic mass is 35.5. The fraction of sp³-hybridized carbons (Fsp3) is 0.278. The molecule has 0 fully saturated rings. The molecule has 1 amide bonds. The molecule has 0 N–H and O–H groups in total. The van der Waals surface area contributed by atoms with Gasteiger partial charge in [0, 0.05) is 25.0 Å². The fourth-order valence-corrected chi connectivity index (χ4v) is 2.62. The monoisotopic (exact) mass is 331 g/mol. The van der Waals surface area contributed by atoms with Crippen molar-refractivity contribution in [2.24, 2.45) is 0 Å². The molecule has 120 valence electrons. The van der Waals surface area contributed by atoms with Gasteiger partial charge in [-0.2, -0.15) is 0 Å². The van der Waals surface area contributed by atoms with E-state index in [1.165, 1.54) is 0 Å². The van der Waals surface area contributed by atoms with Crippen molar-refractivity contribution < 1.29 is 14.3 Å². The number of ether oxygens (including phenoxy) is 2. The zero-order chi connectivity index (χ0) is 16.2. The number of fused-ring (bicyclic) bond motifs is 1. The molecule has 1 aliphatic rings. The Hall–Kier alpha value is -2.20. The largest absolute Gasteiger partial charge is 0.454 e. The van der Waals surface area contributed by atoms with Crippen LogP contribution in [0.1, 0.15) is 17.5 Å². The van der Waals surface area contributed by atoms with Gasteiger partial charge in [-0.05, 0) is 41.8 Å². The van der Waals surface area contributed by atoms with Crippen LogP contribution in [0.3, 0.4) is 0 Å². The average Bonchev–Trinajstić information content (AvgIpc) is 3.02. The lowest BCUT2D eigenvalue weighted by Crippen LogP contribution is -2.26. The summed E-state index contributed by atoms with van der Waals surface area (Å²) in [4.78, 5) is 14.0. The summed E-state index contributed by atoms with van der Waals surface area (Å²) in [6.07, 6.45) is 1.14. The molecule has 0 bridgehead atoms. The van der Waals surface area contributed by atoms with Crippen LogP contribution in [-0.4, -0.2) is 24.6 Å². The number of rotatable bonds is 5. The molecular weight excluding hydrogens is 314 g/mol. The zero-order valence-electron chi connectivity index (χ0n) is 12.9. The van der Waals surface area contributed by atoms with E-state index in [1.54, 1.807) is 4.90 Å². The Bertz CT molecular complexity index is 700. The van der Waals surface area contributed by atoms with Crippen molar-refractivity contribution >= 4 is 17.5 Å². The molecule has 0 saturated heterocycles. The number of nitrogens with zero attached hydrogens (tertiary/aromatic N) is 1.